The van der Waals surface area contributed by atoms with Crippen molar-refractivity contribution >= 4 is 11.8 Å². The zero-order valence-corrected chi connectivity index (χ0v) is 11.7. The molecule has 7 nitrogen and oxygen atoms in total. The summed E-state index contributed by atoms with van der Waals surface area (Å²) in [4.78, 5) is 24.9. The van der Waals surface area contributed by atoms with Crippen LogP contribution < -0.4 is 11.1 Å². The van der Waals surface area contributed by atoms with E-state index in [0.29, 0.717) is 19.8 Å². The Morgan fingerprint density at radius 2 is 2.10 bits per heavy atom. The molecule has 2 amide bonds. The van der Waals surface area contributed by atoms with Crippen molar-refractivity contribution < 1.29 is 19.1 Å². The molecule has 2 aliphatic rings. The van der Waals surface area contributed by atoms with Gasteiger partial charge in [0.2, 0.25) is 11.8 Å². The largest absolute Gasteiger partial charge is 0.378 e. The molecular formula is C13H23N3O4. The van der Waals surface area contributed by atoms with E-state index in [2.05, 4.69) is 5.32 Å². The molecule has 114 valence electrons. The number of hydrogen-bond donors (Lipinski definition) is 2. The quantitative estimate of drug-likeness (QED) is 0.666. The molecule has 0 spiro atoms. The SMILES string of the molecule is NC(=O)C1COCCN1C(=O)CCOC1CCNCC1. The second-order valence-corrected chi connectivity index (χ2v) is 5.15. The van der Waals surface area contributed by atoms with E-state index in [0.717, 1.165) is 25.9 Å². The highest BCUT2D eigenvalue weighted by atomic mass is 16.5. The predicted molar refractivity (Wildman–Crippen MR) is 72.0 cm³/mol. The fourth-order valence-corrected chi connectivity index (χ4v) is 2.56. The highest BCUT2D eigenvalue weighted by Gasteiger charge is 2.31. The van der Waals surface area contributed by atoms with Gasteiger partial charge in [0.05, 0.1) is 32.3 Å². The first-order valence-electron chi connectivity index (χ1n) is 7.17. The van der Waals surface area contributed by atoms with Gasteiger partial charge in [0.25, 0.3) is 0 Å². The van der Waals surface area contributed by atoms with E-state index in [4.69, 9.17) is 15.2 Å². The molecule has 1 atom stereocenters. The molecule has 0 aliphatic carbocycles. The van der Waals surface area contributed by atoms with E-state index in [1.807, 2.05) is 0 Å². The van der Waals surface area contributed by atoms with E-state index >= 15 is 0 Å². The Morgan fingerprint density at radius 1 is 1.35 bits per heavy atom. The van der Waals surface area contributed by atoms with E-state index < -0.39 is 11.9 Å². The van der Waals surface area contributed by atoms with Crippen molar-refractivity contribution in [3.05, 3.63) is 0 Å². The number of rotatable bonds is 5. The molecule has 2 saturated heterocycles. The van der Waals surface area contributed by atoms with Crippen LogP contribution in [0, 0.1) is 0 Å². The van der Waals surface area contributed by atoms with Crippen molar-refractivity contribution in [2.24, 2.45) is 5.73 Å². The van der Waals surface area contributed by atoms with Crippen LogP contribution in [0.2, 0.25) is 0 Å². The monoisotopic (exact) mass is 285 g/mol. The lowest BCUT2D eigenvalue weighted by atomic mass is 10.1. The third kappa shape index (κ3) is 4.16. The number of amides is 2. The number of nitrogens with one attached hydrogen (secondary N) is 1. The predicted octanol–water partition coefficient (Wildman–Crippen LogP) is -1.14. The topological polar surface area (TPSA) is 93.9 Å². The molecule has 0 aromatic rings. The van der Waals surface area contributed by atoms with Gasteiger partial charge in [-0.1, -0.05) is 0 Å². The molecule has 0 saturated carbocycles. The molecule has 2 fully saturated rings. The lowest BCUT2D eigenvalue weighted by Crippen LogP contribution is -2.54. The number of nitrogens with zero attached hydrogens (tertiary/aromatic N) is 1. The number of carbonyl (C=O) groups excluding carboxylic acids is 2. The van der Waals surface area contributed by atoms with Gasteiger partial charge in [-0.3, -0.25) is 9.59 Å². The lowest BCUT2D eigenvalue weighted by molar-refractivity contribution is -0.148. The van der Waals surface area contributed by atoms with Crippen LogP contribution in [0.25, 0.3) is 0 Å². The van der Waals surface area contributed by atoms with Crippen LogP contribution in [0.15, 0.2) is 0 Å². The van der Waals surface area contributed by atoms with Gasteiger partial charge >= 0.3 is 0 Å². The molecule has 2 heterocycles. The molecule has 3 N–H and O–H groups in total. The number of nitrogens with two attached hydrogens (primary N) is 1. The summed E-state index contributed by atoms with van der Waals surface area (Å²) in [5, 5.41) is 3.26. The summed E-state index contributed by atoms with van der Waals surface area (Å²) in [7, 11) is 0. The number of hydrogen-bond acceptors (Lipinski definition) is 5. The summed E-state index contributed by atoms with van der Waals surface area (Å²) in [6.45, 7) is 3.38. The zero-order chi connectivity index (χ0) is 14.4. The van der Waals surface area contributed by atoms with Crippen molar-refractivity contribution in [2.45, 2.75) is 31.4 Å². The minimum Gasteiger partial charge on any atom is -0.378 e. The van der Waals surface area contributed by atoms with Gasteiger partial charge < -0.3 is 25.4 Å². The van der Waals surface area contributed by atoms with E-state index in [1.165, 1.54) is 4.90 Å². The second-order valence-electron chi connectivity index (χ2n) is 5.15. The maximum atomic E-state index is 12.1. The molecule has 2 rings (SSSR count). The van der Waals surface area contributed by atoms with Gasteiger partial charge in [0, 0.05) is 6.54 Å². The van der Waals surface area contributed by atoms with Crippen LogP contribution in [0.4, 0.5) is 0 Å². The number of primary amides is 1. The van der Waals surface area contributed by atoms with Crippen molar-refractivity contribution in [1.82, 2.24) is 10.2 Å². The molecule has 0 bridgehead atoms. The number of morpholine rings is 1. The summed E-state index contributed by atoms with van der Waals surface area (Å²) < 4.78 is 10.9. The summed E-state index contributed by atoms with van der Waals surface area (Å²) in [5.74, 6) is -0.608. The Morgan fingerprint density at radius 3 is 2.80 bits per heavy atom. The minimum atomic E-state index is -0.643. The smallest absolute Gasteiger partial charge is 0.242 e. The van der Waals surface area contributed by atoms with Gasteiger partial charge in [-0.15, -0.1) is 0 Å². The summed E-state index contributed by atoms with van der Waals surface area (Å²) in [6, 6.07) is -0.643. The summed E-state index contributed by atoms with van der Waals surface area (Å²) >= 11 is 0. The Kier molecular flexibility index (Phi) is 5.75. The summed E-state index contributed by atoms with van der Waals surface area (Å²) in [5.41, 5.74) is 5.29. The first kappa shape index (κ1) is 15.2. The zero-order valence-electron chi connectivity index (χ0n) is 11.7. The summed E-state index contributed by atoms with van der Waals surface area (Å²) in [6.07, 6.45) is 2.49. The van der Waals surface area contributed by atoms with Gasteiger partial charge in [0.1, 0.15) is 6.04 Å². The first-order valence-corrected chi connectivity index (χ1v) is 7.17. The van der Waals surface area contributed by atoms with Gasteiger partial charge in [-0.2, -0.15) is 0 Å². The van der Waals surface area contributed by atoms with Crippen LogP contribution >= 0.6 is 0 Å². The molecule has 2 aliphatic heterocycles. The number of carbonyl (C=O) groups is 2. The molecule has 1 unspecified atom stereocenters. The third-order valence-electron chi connectivity index (χ3n) is 3.73. The fourth-order valence-electron chi connectivity index (χ4n) is 2.56. The van der Waals surface area contributed by atoms with Crippen LogP contribution in [0.5, 0.6) is 0 Å². The number of ether oxygens (including phenoxy) is 2. The molecule has 0 aromatic heterocycles. The Hall–Kier alpha value is -1.18. The maximum Gasteiger partial charge on any atom is 0.242 e. The van der Waals surface area contributed by atoms with Crippen LogP contribution in [-0.2, 0) is 19.1 Å². The van der Waals surface area contributed by atoms with Crippen molar-refractivity contribution in [2.75, 3.05) is 39.5 Å². The maximum absolute atomic E-state index is 12.1. The average Bonchev–Trinajstić information content (AvgIpc) is 2.48. The van der Waals surface area contributed by atoms with Crippen molar-refractivity contribution in [3.8, 4) is 0 Å². The molecule has 0 aromatic carbocycles. The van der Waals surface area contributed by atoms with Gasteiger partial charge in [0.15, 0.2) is 0 Å². The molecule has 7 heteroatoms. The van der Waals surface area contributed by atoms with Crippen LogP contribution in [0.1, 0.15) is 19.3 Å². The Labute approximate surface area is 118 Å². The van der Waals surface area contributed by atoms with E-state index in [1.54, 1.807) is 0 Å². The standard InChI is InChI=1S/C13H23N3O4/c14-13(18)11-9-19-8-6-16(11)12(17)3-7-20-10-1-4-15-5-2-10/h10-11,15H,1-9H2,(H2,14,18). The third-order valence-corrected chi connectivity index (χ3v) is 3.73. The Bertz CT molecular complexity index is 345. The van der Waals surface area contributed by atoms with Crippen LogP contribution in [0.3, 0.4) is 0 Å². The van der Waals surface area contributed by atoms with Crippen LogP contribution in [-0.4, -0.2) is 68.3 Å². The highest BCUT2D eigenvalue weighted by Crippen LogP contribution is 2.11. The fraction of sp³-hybridized carbons (Fsp3) is 0.846. The van der Waals surface area contributed by atoms with E-state index in [-0.39, 0.29) is 25.0 Å². The highest BCUT2D eigenvalue weighted by molar-refractivity contribution is 5.87. The first-order chi connectivity index (χ1) is 9.68. The van der Waals surface area contributed by atoms with Crippen molar-refractivity contribution in [3.63, 3.8) is 0 Å². The Balaban J connectivity index is 1.73. The average molecular weight is 285 g/mol. The normalized spacial score (nSPS) is 24.6. The molecule has 20 heavy (non-hydrogen) atoms. The number of piperidine rings is 1. The minimum absolute atomic E-state index is 0.0916. The van der Waals surface area contributed by atoms with Gasteiger partial charge in [-0.05, 0) is 25.9 Å². The molecule has 0 radical (unpaired) electrons. The van der Waals surface area contributed by atoms with Crippen molar-refractivity contribution in [1.29, 1.82) is 0 Å². The second kappa shape index (κ2) is 7.56. The van der Waals surface area contributed by atoms with Gasteiger partial charge in [-0.25, -0.2) is 0 Å². The van der Waals surface area contributed by atoms with E-state index in [9.17, 15) is 9.59 Å². The molecular weight excluding hydrogens is 262 g/mol. The lowest BCUT2D eigenvalue weighted by Gasteiger charge is -2.33.